The number of aromatic nitrogens is 2. The fraction of sp³-hybridized carbons (Fsp3) is 0.304. The van der Waals surface area contributed by atoms with Crippen molar-refractivity contribution in [1.82, 2.24) is 9.78 Å². The Morgan fingerprint density at radius 3 is 2.34 bits per heavy atom. The fourth-order valence-corrected chi connectivity index (χ4v) is 3.37. The number of hydrogen-bond donors (Lipinski definition) is 2. The Bertz CT molecular complexity index is 975. The van der Waals surface area contributed by atoms with Crippen LogP contribution in [-0.2, 0) is 11.3 Å². The van der Waals surface area contributed by atoms with Gasteiger partial charge in [0.15, 0.2) is 6.54 Å². The van der Waals surface area contributed by atoms with Gasteiger partial charge in [-0.3, -0.25) is 4.79 Å². The largest absolute Gasteiger partial charge is 0.497 e. The molecule has 1 atom stereocenters. The molecular formula is C23H29N4O2+. The molecule has 0 spiro atoms. The molecule has 1 heterocycles. The summed E-state index contributed by atoms with van der Waals surface area (Å²) in [6.07, 6.45) is 0. The summed E-state index contributed by atoms with van der Waals surface area (Å²) >= 11 is 0. The third-order valence-corrected chi connectivity index (χ3v) is 4.96. The summed E-state index contributed by atoms with van der Waals surface area (Å²) < 4.78 is 7.06. The van der Waals surface area contributed by atoms with E-state index < -0.39 is 0 Å². The number of nitrogens with one attached hydrogen (secondary N) is 2. The van der Waals surface area contributed by atoms with Gasteiger partial charge in [-0.15, -0.1) is 0 Å². The van der Waals surface area contributed by atoms with Crippen molar-refractivity contribution in [1.29, 1.82) is 0 Å². The maximum absolute atomic E-state index is 12.6. The van der Waals surface area contributed by atoms with E-state index >= 15 is 0 Å². The second kappa shape index (κ2) is 8.92. The zero-order valence-corrected chi connectivity index (χ0v) is 17.7. The van der Waals surface area contributed by atoms with Gasteiger partial charge in [0, 0.05) is 5.56 Å². The van der Waals surface area contributed by atoms with Crippen LogP contribution in [0.15, 0.2) is 48.5 Å². The molecule has 1 aromatic heterocycles. The Hall–Kier alpha value is -3.12. The number of methoxy groups -OCH3 is 1. The van der Waals surface area contributed by atoms with Crippen LogP contribution in [0, 0.1) is 20.8 Å². The molecule has 6 heteroatoms. The lowest BCUT2D eigenvalue weighted by Gasteiger charge is -2.14. The first-order valence-electron chi connectivity index (χ1n) is 9.74. The number of benzene rings is 2. The zero-order chi connectivity index (χ0) is 21.0. The third-order valence-electron chi connectivity index (χ3n) is 4.96. The number of carbonyl (C=O) groups is 1. The van der Waals surface area contributed by atoms with Crippen molar-refractivity contribution >= 4 is 11.6 Å². The Balaban J connectivity index is 1.64. The van der Waals surface area contributed by atoms with Crippen molar-refractivity contribution in [2.24, 2.45) is 0 Å². The summed E-state index contributed by atoms with van der Waals surface area (Å²) in [6.45, 7) is 7.09. The number of rotatable bonds is 7. The summed E-state index contributed by atoms with van der Waals surface area (Å²) in [4.78, 5) is 13.7. The number of hydrogen-bond acceptors (Lipinski definition) is 3. The van der Waals surface area contributed by atoms with Gasteiger partial charge >= 0.3 is 0 Å². The molecule has 2 N–H and O–H groups in total. The molecule has 3 aromatic rings. The van der Waals surface area contributed by atoms with Gasteiger partial charge in [0.1, 0.15) is 12.3 Å². The number of quaternary nitrogens is 1. The van der Waals surface area contributed by atoms with E-state index in [-0.39, 0.29) is 5.91 Å². The zero-order valence-electron chi connectivity index (χ0n) is 17.7. The average molecular weight is 394 g/mol. The van der Waals surface area contributed by atoms with Gasteiger partial charge in [0.05, 0.1) is 36.9 Å². The van der Waals surface area contributed by atoms with Crippen molar-refractivity contribution in [2.45, 2.75) is 27.3 Å². The molecule has 6 nitrogen and oxygen atoms in total. The highest BCUT2D eigenvalue weighted by atomic mass is 16.5. The van der Waals surface area contributed by atoms with Crippen molar-refractivity contribution < 1.29 is 14.4 Å². The average Bonchev–Trinajstić information content (AvgIpc) is 2.97. The van der Waals surface area contributed by atoms with Crippen LogP contribution in [0.2, 0.25) is 0 Å². The minimum Gasteiger partial charge on any atom is -0.497 e. The second-order valence-corrected chi connectivity index (χ2v) is 7.50. The molecule has 0 aliphatic rings. The molecule has 1 unspecified atom stereocenters. The number of likely N-dealkylation sites (N-methyl/N-ethyl adjacent to an activating group) is 1. The Labute approximate surface area is 172 Å². The molecule has 0 saturated carbocycles. The first-order chi connectivity index (χ1) is 13.9. The topological polar surface area (TPSA) is 60.6 Å². The number of nitrogens with zero attached hydrogens (tertiary/aromatic N) is 2. The molecule has 152 valence electrons. The molecule has 0 fully saturated rings. The van der Waals surface area contributed by atoms with Gasteiger partial charge in [-0.2, -0.15) is 5.10 Å². The van der Waals surface area contributed by atoms with Crippen molar-refractivity contribution in [3.63, 3.8) is 0 Å². The van der Waals surface area contributed by atoms with Gasteiger partial charge in [0.25, 0.3) is 5.91 Å². The molecule has 29 heavy (non-hydrogen) atoms. The van der Waals surface area contributed by atoms with Crippen LogP contribution in [0.4, 0.5) is 5.69 Å². The van der Waals surface area contributed by atoms with E-state index in [4.69, 9.17) is 4.74 Å². The fourth-order valence-electron chi connectivity index (χ4n) is 3.37. The molecular weight excluding hydrogens is 364 g/mol. The van der Waals surface area contributed by atoms with Gasteiger partial charge < -0.3 is 15.0 Å². The second-order valence-electron chi connectivity index (χ2n) is 7.50. The summed E-state index contributed by atoms with van der Waals surface area (Å²) in [5.74, 6) is 0.811. The SMILES string of the molecule is COc1ccc(C[NH+](C)CC(=O)Nc2c(C)nn(-c3ccc(C)cc3)c2C)cc1. The normalized spacial score (nSPS) is 11.9. The smallest absolute Gasteiger partial charge is 0.279 e. The summed E-state index contributed by atoms with van der Waals surface area (Å²) in [6, 6.07) is 16.1. The Kier molecular flexibility index (Phi) is 6.34. The number of aryl methyl sites for hydroxylation is 2. The molecule has 2 aromatic carbocycles. The van der Waals surface area contributed by atoms with E-state index in [0.717, 1.165) is 45.5 Å². The van der Waals surface area contributed by atoms with E-state index in [9.17, 15) is 4.79 Å². The van der Waals surface area contributed by atoms with Gasteiger partial charge in [-0.25, -0.2) is 4.68 Å². The van der Waals surface area contributed by atoms with Crippen LogP contribution >= 0.6 is 0 Å². The van der Waals surface area contributed by atoms with Crippen LogP contribution in [-0.4, -0.2) is 36.4 Å². The number of amides is 1. The molecule has 3 rings (SSSR count). The molecule has 0 bridgehead atoms. The highest BCUT2D eigenvalue weighted by molar-refractivity contribution is 5.92. The van der Waals surface area contributed by atoms with Crippen molar-refractivity contribution in [2.75, 3.05) is 26.0 Å². The molecule has 0 aliphatic heterocycles. The minimum atomic E-state index is -0.0225. The van der Waals surface area contributed by atoms with Crippen LogP contribution in [0.1, 0.15) is 22.5 Å². The highest BCUT2D eigenvalue weighted by Crippen LogP contribution is 2.22. The first kappa shape index (κ1) is 20.6. The molecule has 1 amide bonds. The van der Waals surface area contributed by atoms with Crippen LogP contribution in [0.25, 0.3) is 5.69 Å². The predicted octanol–water partition coefficient (Wildman–Crippen LogP) is 2.46. The van der Waals surface area contributed by atoms with Crippen LogP contribution in [0.5, 0.6) is 5.75 Å². The summed E-state index contributed by atoms with van der Waals surface area (Å²) in [5.41, 5.74) is 5.87. The Morgan fingerprint density at radius 2 is 1.72 bits per heavy atom. The number of anilines is 1. The monoisotopic (exact) mass is 393 g/mol. The number of carbonyl (C=O) groups excluding carboxylic acids is 1. The van der Waals surface area contributed by atoms with Crippen LogP contribution < -0.4 is 15.0 Å². The van der Waals surface area contributed by atoms with E-state index in [1.54, 1.807) is 7.11 Å². The van der Waals surface area contributed by atoms with E-state index in [1.165, 1.54) is 5.56 Å². The maximum atomic E-state index is 12.6. The predicted molar refractivity (Wildman–Crippen MR) is 115 cm³/mol. The lowest BCUT2D eigenvalue weighted by Crippen LogP contribution is -3.08. The Morgan fingerprint density at radius 1 is 1.07 bits per heavy atom. The maximum Gasteiger partial charge on any atom is 0.279 e. The third kappa shape index (κ3) is 5.03. The molecule has 0 aliphatic carbocycles. The van der Waals surface area contributed by atoms with Crippen LogP contribution in [0.3, 0.4) is 0 Å². The minimum absolute atomic E-state index is 0.0225. The van der Waals surface area contributed by atoms with Gasteiger partial charge in [-0.05, 0) is 57.2 Å². The quantitative estimate of drug-likeness (QED) is 0.648. The van der Waals surface area contributed by atoms with E-state index in [2.05, 4.69) is 29.5 Å². The molecule has 0 saturated heterocycles. The van der Waals surface area contributed by atoms with Gasteiger partial charge in [0.2, 0.25) is 0 Å². The van der Waals surface area contributed by atoms with Gasteiger partial charge in [-0.1, -0.05) is 17.7 Å². The number of ether oxygens (including phenoxy) is 1. The lowest BCUT2D eigenvalue weighted by atomic mass is 10.2. The van der Waals surface area contributed by atoms with E-state index in [1.807, 2.05) is 62.0 Å². The standard InChI is InChI=1S/C23H28N4O2/c1-16-6-10-20(11-7-16)27-18(3)23(17(2)25-27)24-22(28)15-26(4)14-19-8-12-21(29-5)13-9-19/h6-13H,14-15H2,1-5H3,(H,24,28)/p+1. The highest BCUT2D eigenvalue weighted by Gasteiger charge is 2.17. The first-order valence-corrected chi connectivity index (χ1v) is 9.74. The summed E-state index contributed by atoms with van der Waals surface area (Å²) in [5, 5.41) is 7.66. The summed E-state index contributed by atoms with van der Waals surface area (Å²) in [7, 11) is 3.67. The van der Waals surface area contributed by atoms with E-state index in [0.29, 0.717) is 6.54 Å². The van der Waals surface area contributed by atoms with Crippen molar-refractivity contribution in [3.8, 4) is 11.4 Å². The van der Waals surface area contributed by atoms with Crippen molar-refractivity contribution in [3.05, 3.63) is 71.0 Å². The lowest BCUT2D eigenvalue weighted by molar-refractivity contribution is -0.885. The molecule has 0 radical (unpaired) electrons.